The van der Waals surface area contributed by atoms with Gasteiger partial charge in [-0.2, -0.15) is 0 Å². The van der Waals surface area contributed by atoms with Crippen molar-refractivity contribution in [3.63, 3.8) is 0 Å². The zero-order chi connectivity index (χ0) is 16.8. The van der Waals surface area contributed by atoms with Crippen LogP contribution in [0.15, 0.2) is 18.3 Å². The van der Waals surface area contributed by atoms with Crippen molar-refractivity contribution in [3.05, 3.63) is 18.3 Å². The molecule has 2 saturated heterocycles. The third-order valence-corrected chi connectivity index (χ3v) is 5.04. The highest BCUT2D eigenvalue weighted by atomic mass is 16.7. The lowest BCUT2D eigenvalue weighted by Crippen LogP contribution is -2.46. The van der Waals surface area contributed by atoms with E-state index in [9.17, 15) is 0 Å². The van der Waals surface area contributed by atoms with E-state index in [0.717, 1.165) is 24.4 Å². The molecule has 2 unspecified atom stereocenters. The number of nitrogens with zero attached hydrogens (tertiary/aromatic N) is 2. The van der Waals surface area contributed by atoms with E-state index in [1.54, 1.807) is 0 Å². The number of hydrogen-bond donors (Lipinski definition) is 0. The fraction of sp³-hybridized carbons (Fsp3) is 0.706. The van der Waals surface area contributed by atoms with Crippen molar-refractivity contribution >= 4 is 18.4 Å². The van der Waals surface area contributed by atoms with Gasteiger partial charge in [-0.25, -0.2) is 4.98 Å². The fourth-order valence-corrected chi connectivity index (χ4v) is 3.07. The first-order valence-electron chi connectivity index (χ1n) is 8.40. The number of morpholine rings is 1. The quantitative estimate of drug-likeness (QED) is 0.780. The van der Waals surface area contributed by atoms with Crippen LogP contribution >= 0.6 is 0 Å². The topological polar surface area (TPSA) is 43.8 Å². The average molecular weight is 318 g/mol. The van der Waals surface area contributed by atoms with E-state index in [0.29, 0.717) is 0 Å². The van der Waals surface area contributed by atoms with Crippen LogP contribution in [0.4, 0.5) is 5.82 Å². The van der Waals surface area contributed by atoms with Gasteiger partial charge in [-0.1, -0.05) is 6.07 Å². The van der Waals surface area contributed by atoms with E-state index in [1.165, 1.54) is 0 Å². The summed E-state index contributed by atoms with van der Waals surface area (Å²) in [5.41, 5.74) is 0.304. The third-order valence-electron chi connectivity index (χ3n) is 5.04. The van der Waals surface area contributed by atoms with Crippen molar-refractivity contribution in [3.8, 4) is 0 Å². The van der Waals surface area contributed by atoms with E-state index in [-0.39, 0.29) is 30.5 Å². The van der Waals surface area contributed by atoms with Gasteiger partial charge in [0, 0.05) is 24.7 Å². The minimum absolute atomic E-state index is 0.225. The fourth-order valence-electron chi connectivity index (χ4n) is 3.07. The molecule has 3 rings (SSSR count). The number of rotatable bonds is 2. The Labute approximate surface area is 139 Å². The number of hydrogen-bond acceptors (Lipinski definition) is 5. The standard InChI is InChI=1S/C17H27BN2O3/c1-12-10-20(11-13(2)21-12)15-8-7-14(9-19-15)18-22-16(3,4)17(5,6)23-18/h7-9,12-13H,10-11H2,1-6H3. The molecule has 3 heterocycles. The van der Waals surface area contributed by atoms with E-state index in [2.05, 4.69) is 57.5 Å². The molecular weight excluding hydrogens is 291 g/mol. The van der Waals surface area contributed by atoms with Crippen LogP contribution in [-0.4, -0.2) is 48.6 Å². The molecule has 6 heteroatoms. The molecule has 0 aliphatic carbocycles. The lowest BCUT2D eigenvalue weighted by molar-refractivity contribution is -0.00545. The van der Waals surface area contributed by atoms with E-state index in [4.69, 9.17) is 14.0 Å². The summed E-state index contributed by atoms with van der Waals surface area (Å²) < 4.78 is 17.9. The molecule has 2 aliphatic rings. The van der Waals surface area contributed by atoms with Crippen LogP contribution in [-0.2, 0) is 14.0 Å². The highest BCUT2D eigenvalue weighted by Gasteiger charge is 2.51. The van der Waals surface area contributed by atoms with Crippen LogP contribution in [0.3, 0.4) is 0 Å². The summed E-state index contributed by atoms with van der Waals surface area (Å²) in [4.78, 5) is 6.89. The van der Waals surface area contributed by atoms with Crippen LogP contribution < -0.4 is 10.4 Å². The third kappa shape index (κ3) is 3.25. The highest BCUT2D eigenvalue weighted by Crippen LogP contribution is 2.36. The van der Waals surface area contributed by atoms with Crippen molar-refractivity contribution in [2.75, 3.05) is 18.0 Å². The van der Waals surface area contributed by atoms with Crippen LogP contribution in [0.2, 0.25) is 0 Å². The van der Waals surface area contributed by atoms with Gasteiger partial charge >= 0.3 is 7.12 Å². The van der Waals surface area contributed by atoms with Crippen molar-refractivity contribution in [1.82, 2.24) is 4.98 Å². The molecule has 2 aliphatic heterocycles. The van der Waals surface area contributed by atoms with E-state index >= 15 is 0 Å². The first-order chi connectivity index (χ1) is 10.7. The van der Waals surface area contributed by atoms with Crippen LogP contribution in [0.25, 0.3) is 0 Å². The van der Waals surface area contributed by atoms with Gasteiger partial charge in [0.15, 0.2) is 0 Å². The Hall–Kier alpha value is -1.11. The number of ether oxygens (including phenoxy) is 1. The number of aromatic nitrogens is 1. The smallest absolute Gasteiger partial charge is 0.399 e. The SMILES string of the molecule is CC1CN(c2ccc(B3OC(C)(C)C(C)(C)O3)cn2)CC(C)O1. The van der Waals surface area contributed by atoms with Gasteiger partial charge in [-0.05, 0) is 47.6 Å². The molecule has 0 aromatic carbocycles. The van der Waals surface area contributed by atoms with Gasteiger partial charge in [0.05, 0.1) is 23.4 Å². The molecule has 2 fully saturated rings. The largest absolute Gasteiger partial charge is 0.496 e. The van der Waals surface area contributed by atoms with Gasteiger partial charge in [0.1, 0.15) is 5.82 Å². The minimum Gasteiger partial charge on any atom is -0.399 e. The summed E-state index contributed by atoms with van der Waals surface area (Å²) in [7, 11) is -0.357. The highest BCUT2D eigenvalue weighted by molar-refractivity contribution is 6.62. The monoisotopic (exact) mass is 318 g/mol. The molecule has 1 aromatic rings. The Morgan fingerprint density at radius 2 is 1.61 bits per heavy atom. The molecule has 23 heavy (non-hydrogen) atoms. The molecule has 0 radical (unpaired) electrons. The summed E-state index contributed by atoms with van der Waals surface area (Å²) in [6.07, 6.45) is 2.31. The Kier molecular flexibility index (Phi) is 4.19. The predicted molar refractivity (Wildman–Crippen MR) is 92.2 cm³/mol. The minimum atomic E-state index is -0.357. The second-order valence-electron chi connectivity index (χ2n) is 7.70. The summed E-state index contributed by atoms with van der Waals surface area (Å²) in [6, 6.07) is 4.10. The Morgan fingerprint density at radius 1 is 1.04 bits per heavy atom. The van der Waals surface area contributed by atoms with E-state index in [1.807, 2.05) is 12.3 Å². The number of anilines is 1. The molecule has 1 aromatic heterocycles. The molecule has 0 saturated carbocycles. The van der Waals surface area contributed by atoms with Gasteiger partial charge in [0.2, 0.25) is 0 Å². The molecule has 0 amide bonds. The lowest BCUT2D eigenvalue weighted by Gasteiger charge is -2.36. The second-order valence-corrected chi connectivity index (χ2v) is 7.70. The zero-order valence-electron chi connectivity index (χ0n) is 15.0. The maximum atomic E-state index is 6.07. The Morgan fingerprint density at radius 3 is 2.09 bits per heavy atom. The molecule has 5 nitrogen and oxygen atoms in total. The van der Waals surface area contributed by atoms with Crippen LogP contribution in [0.1, 0.15) is 41.5 Å². The molecule has 0 N–H and O–H groups in total. The Balaban J connectivity index is 1.73. The van der Waals surface area contributed by atoms with Crippen molar-refractivity contribution in [2.45, 2.75) is 65.0 Å². The number of pyridine rings is 1. The average Bonchev–Trinajstić information content (AvgIpc) is 2.66. The molecular formula is C17H27BN2O3. The second kappa shape index (κ2) is 5.76. The van der Waals surface area contributed by atoms with Gasteiger partial charge in [-0.3, -0.25) is 0 Å². The first-order valence-corrected chi connectivity index (χ1v) is 8.40. The summed E-state index contributed by atoms with van der Waals surface area (Å²) in [5.74, 6) is 0.979. The van der Waals surface area contributed by atoms with Gasteiger partial charge < -0.3 is 18.9 Å². The molecule has 2 atom stereocenters. The normalized spacial score (nSPS) is 29.8. The first kappa shape index (κ1) is 16.7. The summed E-state index contributed by atoms with van der Waals surface area (Å²) in [6.45, 7) is 14.2. The molecule has 0 spiro atoms. The van der Waals surface area contributed by atoms with Crippen molar-refractivity contribution in [1.29, 1.82) is 0 Å². The maximum Gasteiger partial charge on any atom is 0.496 e. The van der Waals surface area contributed by atoms with Crippen LogP contribution in [0.5, 0.6) is 0 Å². The predicted octanol–water partition coefficient (Wildman–Crippen LogP) is 1.99. The zero-order valence-corrected chi connectivity index (χ0v) is 15.0. The van der Waals surface area contributed by atoms with Gasteiger partial charge in [-0.15, -0.1) is 0 Å². The maximum absolute atomic E-state index is 6.07. The van der Waals surface area contributed by atoms with Crippen LogP contribution in [0, 0.1) is 0 Å². The summed E-state index contributed by atoms with van der Waals surface area (Å²) in [5, 5.41) is 0. The van der Waals surface area contributed by atoms with Crippen molar-refractivity contribution < 1.29 is 14.0 Å². The van der Waals surface area contributed by atoms with Gasteiger partial charge in [0.25, 0.3) is 0 Å². The lowest BCUT2D eigenvalue weighted by atomic mass is 9.80. The summed E-state index contributed by atoms with van der Waals surface area (Å²) >= 11 is 0. The molecule has 0 bridgehead atoms. The Bertz CT molecular complexity index is 535. The van der Waals surface area contributed by atoms with E-state index < -0.39 is 0 Å². The van der Waals surface area contributed by atoms with Crippen molar-refractivity contribution in [2.24, 2.45) is 0 Å². The molecule has 126 valence electrons.